The molecule has 0 fully saturated rings. The molecular formula is C30H23N3S. The number of benzene rings is 3. The van der Waals surface area contributed by atoms with Crippen LogP contribution >= 0.6 is 11.8 Å². The fourth-order valence-electron chi connectivity index (χ4n) is 4.47. The molecule has 0 saturated carbocycles. The maximum absolute atomic E-state index is 4.71. The molecule has 0 amide bonds. The van der Waals surface area contributed by atoms with Crippen LogP contribution in [-0.4, -0.2) is 14.5 Å². The monoisotopic (exact) mass is 457 g/mol. The van der Waals surface area contributed by atoms with E-state index >= 15 is 0 Å². The summed E-state index contributed by atoms with van der Waals surface area (Å²) >= 11 is 1.69. The van der Waals surface area contributed by atoms with Gasteiger partial charge < -0.3 is 0 Å². The predicted octanol–water partition coefficient (Wildman–Crippen LogP) is 8.01. The fourth-order valence-corrected chi connectivity index (χ4v) is 5.38. The fraction of sp³-hybridized carbons (Fsp3) is 0.0667. The lowest BCUT2D eigenvalue weighted by atomic mass is 10.0. The summed E-state index contributed by atoms with van der Waals surface area (Å²) in [5, 5.41) is 3.48. The third kappa shape index (κ3) is 3.76. The number of para-hydroxylation sites is 1. The molecule has 3 heterocycles. The van der Waals surface area contributed by atoms with Crippen molar-refractivity contribution in [2.24, 2.45) is 0 Å². The zero-order valence-corrected chi connectivity index (χ0v) is 19.9. The SMILES string of the molecule is Cc1ccnc(-n2c3ccccc3c3ccc(-c4cccc(Sc5cccc(C)n5)c4)cc32)c1. The van der Waals surface area contributed by atoms with Crippen LogP contribution in [0.15, 0.2) is 113 Å². The van der Waals surface area contributed by atoms with Crippen molar-refractivity contribution in [2.75, 3.05) is 0 Å². The Hall–Kier alpha value is -3.89. The molecule has 3 nitrogen and oxygen atoms in total. The highest BCUT2D eigenvalue weighted by molar-refractivity contribution is 7.99. The molecule has 0 bridgehead atoms. The first-order valence-electron chi connectivity index (χ1n) is 11.3. The van der Waals surface area contributed by atoms with Crippen LogP contribution in [-0.2, 0) is 0 Å². The lowest BCUT2D eigenvalue weighted by molar-refractivity contribution is 1.06. The second-order valence-electron chi connectivity index (χ2n) is 8.52. The predicted molar refractivity (Wildman–Crippen MR) is 142 cm³/mol. The van der Waals surface area contributed by atoms with Crippen molar-refractivity contribution in [3.8, 4) is 16.9 Å². The molecule has 34 heavy (non-hydrogen) atoms. The van der Waals surface area contributed by atoms with Gasteiger partial charge in [0.05, 0.1) is 11.0 Å². The maximum Gasteiger partial charge on any atom is 0.137 e. The van der Waals surface area contributed by atoms with Gasteiger partial charge in [-0.2, -0.15) is 0 Å². The van der Waals surface area contributed by atoms with E-state index in [4.69, 9.17) is 4.98 Å². The van der Waals surface area contributed by atoms with Gasteiger partial charge in [0.2, 0.25) is 0 Å². The van der Waals surface area contributed by atoms with Gasteiger partial charge in [-0.25, -0.2) is 9.97 Å². The van der Waals surface area contributed by atoms with Gasteiger partial charge in [0.1, 0.15) is 10.8 Å². The van der Waals surface area contributed by atoms with Crippen molar-refractivity contribution in [3.63, 3.8) is 0 Å². The maximum atomic E-state index is 4.71. The van der Waals surface area contributed by atoms with E-state index in [1.54, 1.807) is 11.8 Å². The first-order valence-corrected chi connectivity index (χ1v) is 12.2. The summed E-state index contributed by atoms with van der Waals surface area (Å²) in [6.07, 6.45) is 1.88. The average Bonchev–Trinajstić information content (AvgIpc) is 3.18. The molecule has 0 unspecified atom stereocenters. The topological polar surface area (TPSA) is 30.7 Å². The minimum atomic E-state index is 0.943. The molecule has 4 heteroatoms. The Kier molecular flexibility index (Phi) is 5.16. The van der Waals surface area contributed by atoms with E-state index in [1.165, 1.54) is 37.9 Å². The summed E-state index contributed by atoms with van der Waals surface area (Å²) in [4.78, 5) is 10.5. The van der Waals surface area contributed by atoms with Crippen LogP contribution in [0, 0.1) is 13.8 Å². The lowest BCUT2D eigenvalue weighted by Crippen LogP contribution is -1.97. The van der Waals surface area contributed by atoms with Crippen LogP contribution in [0.25, 0.3) is 38.8 Å². The number of aromatic nitrogens is 3. The van der Waals surface area contributed by atoms with Crippen LogP contribution in [0.3, 0.4) is 0 Å². The molecular weight excluding hydrogens is 434 g/mol. The van der Waals surface area contributed by atoms with Crippen molar-refractivity contribution in [1.82, 2.24) is 14.5 Å². The molecule has 0 radical (unpaired) electrons. The summed E-state index contributed by atoms with van der Waals surface area (Å²) in [6.45, 7) is 4.13. The molecule has 0 aliphatic heterocycles. The minimum Gasteiger partial charge on any atom is -0.294 e. The van der Waals surface area contributed by atoms with E-state index in [0.29, 0.717) is 0 Å². The summed E-state index contributed by atoms with van der Waals surface area (Å²) in [7, 11) is 0. The highest BCUT2D eigenvalue weighted by Gasteiger charge is 2.14. The average molecular weight is 458 g/mol. The molecule has 6 rings (SSSR count). The second kappa shape index (κ2) is 8.47. The Bertz CT molecular complexity index is 1670. The van der Waals surface area contributed by atoms with Crippen LogP contribution in [0.4, 0.5) is 0 Å². The van der Waals surface area contributed by atoms with Crippen LogP contribution < -0.4 is 0 Å². The quantitative estimate of drug-likeness (QED) is 0.269. The third-order valence-corrected chi connectivity index (χ3v) is 6.98. The van der Waals surface area contributed by atoms with E-state index in [1.807, 2.05) is 25.3 Å². The largest absolute Gasteiger partial charge is 0.294 e. The molecule has 0 spiro atoms. The minimum absolute atomic E-state index is 0.943. The summed E-state index contributed by atoms with van der Waals surface area (Å²) in [5.74, 6) is 0.943. The number of hydrogen-bond acceptors (Lipinski definition) is 3. The van der Waals surface area contributed by atoms with Crippen molar-refractivity contribution in [2.45, 2.75) is 23.8 Å². The molecule has 164 valence electrons. The number of hydrogen-bond donors (Lipinski definition) is 0. The van der Waals surface area contributed by atoms with Gasteiger partial charge in [-0.3, -0.25) is 4.57 Å². The van der Waals surface area contributed by atoms with Crippen molar-refractivity contribution in [1.29, 1.82) is 0 Å². The molecule has 3 aromatic heterocycles. The van der Waals surface area contributed by atoms with E-state index in [-0.39, 0.29) is 0 Å². The van der Waals surface area contributed by atoms with Gasteiger partial charge in [-0.1, -0.05) is 60.3 Å². The number of aryl methyl sites for hydroxylation is 2. The van der Waals surface area contributed by atoms with E-state index in [2.05, 4.69) is 101 Å². The number of pyridine rings is 2. The molecule has 0 aliphatic rings. The van der Waals surface area contributed by atoms with Crippen molar-refractivity contribution in [3.05, 3.63) is 115 Å². The van der Waals surface area contributed by atoms with Crippen LogP contribution in [0.1, 0.15) is 11.3 Å². The van der Waals surface area contributed by atoms with E-state index in [0.717, 1.165) is 22.1 Å². The third-order valence-electron chi connectivity index (χ3n) is 6.06. The van der Waals surface area contributed by atoms with Gasteiger partial charge >= 0.3 is 0 Å². The second-order valence-corrected chi connectivity index (χ2v) is 9.62. The van der Waals surface area contributed by atoms with Gasteiger partial charge in [0.25, 0.3) is 0 Å². The standard InChI is InChI=1S/C30H23N3S/c1-20-15-16-31-29(17-20)33-27-11-4-3-10-25(27)26-14-13-23(19-28(26)33)22-8-6-9-24(18-22)34-30-12-5-7-21(2)32-30/h3-19H,1-2H3. The first-order chi connectivity index (χ1) is 16.7. The highest BCUT2D eigenvalue weighted by Crippen LogP contribution is 2.36. The Labute approximate surface area is 203 Å². The van der Waals surface area contributed by atoms with Crippen molar-refractivity contribution >= 4 is 33.6 Å². The van der Waals surface area contributed by atoms with Crippen LogP contribution in [0.5, 0.6) is 0 Å². The lowest BCUT2D eigenvalue weighted by Gasteiger charge is -2.09. The molecule has 6 aromatic rings. The number of fused-ring (bicyclic) bond motifs is 3. The molecule has 3 aromatic carbocycles. The Balaban J connectivity index is 1.49. The number of rotatable bonds is 4. The Morgan fingerprint density at radius 2 is 1.50 bits per heavy atom. The van der Waals surface area contributed by atoms with Gasteiger partial charge in [-0.15, -0.1) is 0 Å². The first kappa shape index (κ1) is 20.7. The number of nitrogens with zero attached hydrogens (tertiary/aromatic N) is 3. The highest BCUT2D eigenvalue weighted by atomic mass is 32.2. The Morgan fingerprint density at radius 1 is 0.676 bits per heavy atom. The Morgan fingerprint density at radius 3 is 2.38 bits per heavy atom. The van der Waals surface area contributed by atoms with Gasteiger partial charge in [-0.05, 0) is 79.1 Å². The van der Waals surface area contributed by atoms with Gasteiger partial charge in [0.15, 0.2) is 0 Å². The zero-order chi connectivity index (χ0) is 23.1. The summed E-state index contributed by atoms with van der Waals surface area (Å²) in [5.41, 5.74) is 6.93. The normalized spacial score (nSPS) is 11.4. The molecule has 0 N–H and O–H groups in total. The van der Waals surface area contributed by atoms with E-state index < -0.39 is 0 Å². The van der Waals surface area contributed by atoms with Gasteiger partial charge in [0, 0.05) is 27.6 Å². The molecule has 0 aliphatic carbocycles. The zero-order valence-electron chi connectivity index (χ0n) is 19.1. The smallest absolute Gasteiger partial charge is 0.137 e. The van der Waals surface area contributed by atoms with Crippen molar-refractivity contribution < 1.29 is 0 Å². The molecule has 0 atom stereocenters. The van der Waals surface area contributed by atoms with E-state index in [9.17, 15) is 0 Å². The summed E-state index contributed by atoms with van der Waals surface area (Å²) < 4.78 is 2.27. The van der Waals surface area contributed by atoms with Crippen LogP contribution in [0.2, 0.25) is 0 Å². The summed E-state index contributed by atoms with van der Waals surface area (Å²) in [6, 6.07) is 34.3. The molecule has 0 saturated heterocycles.